The summed E-state index contributed by atoms with van der Waals surface area (Å²) < 4.78 is 28.5. The van der Waals surface area contributed by atoms with E-state index in [9.17, 15) is 4.57 Å². The molecule has 0 saturated heterocycles. The van der Waals surface area contributed by atoms with Gasteiger partial charge in [-0.05, 0) is 23.1 Å². The fourth-order valence-electron chi connectivity index (χ4n) is 0.801. The fraction of sp³-hybridized carbons (Fsp3) is 0.333. The van der Waals surface area contributed by atoms with Gasteiger partial charge in [-0.25, -0.2) is 0 Å². The van der Waals surface area contributed by atoms with Crippen LogP contribution in [0.2, 0.25) is 0 Å². The lowest BCUT2D eigenvalue weighted by molar-refractivity contribution is 0.209. The molecule has 0 aliphatic rings. The Kier molecular flexibility index (Phi) is 4.49. The van der Waals surface area contributed by atoms with Crippen LogP contribution in [0.1, 0.15) is 11.4 Å². The third-order valence-electron chi connectivity index (χ3n) is 1.49. The van der Waals surface area contributed by atoms with Crippen molar-refractivity contribution in [1.29, 1.82) is 0 Å². The Bertz CT molecular complexity index is 394. The number of aromatic nitrogens is 4. The first-order valence-electron chi connectivity index (χ1n) is 4.16. The van der Waals surface area contributed by atoms with Crippen molar-refractivity contribution in [3.8, 4) is 0 Å². The molecule has 0 amide bonds. The van der Waals surface area contributed by atoms with Gasteiger partial charge in [-0.2, -0.15) is 0 Å². The predicted molar refractivity (Wildman–Crippen MR) is 58.4 cm³/mol. The maximum absolute atomic E-state index is 11.3. The molecule has 0 aliphatic carbocycles. The van der Waals surface area contributed by atoms with Crippen LogP contribution in [-0.4, -0.2) is 19.2 Å². The summed E-state index contributed by atoms with van der Waals surface area (Å²) in [6, 6.07) is 0. The van der Waals surface area contributed by atoms with Gasteiger partial charge in [-0.1, -0.05) is 8.98 Å². The molecule has 10 heteroatoms. The van der Waals surface area contributed by atoms with Crippen molar-refractivity contribution in [3.05, 3.63) is 22.1 Å². The predicted octanol–water partition coefficient (Wildman–Crippen LogP) is 1.51. The van der Waals surface area contributed by atoms with Crippen LogP contribution in [-0.2, 0) is 26.8 Å². The maximum Gasteiger partial charge on any atom is 0.319 e. The molecule has 0 radical (unpaired) electrons. The molecule has 0 spiro atoms. The molecule has 0 aromatic carbocycles. The minimum atomic E-state index is -2.52. The third kappa shape index (κ3) is 3.69. The number of hydrogen-bond acceptors (Lipinski definition) is 9. The first-order valence-corrected chi connectivity index (χ1v) is 7.06. The minimum Gasteiger partial charge on any atom is -0.304 e. The molecule has 7 nitrogen and oxygen atoms in total. The molecular formula is C6H7N4O3PS2. The van der Waals surface area contributed by atoms with E-state index in [1.165, 1.54) is 23.1 Å². The Morgan fingerprint density at radius 1 is 1.06 bits per heavy atom. The smallest absolute Gasteiger partial charge is 0.304 e. The van der Waals surface area contributed by atoms with Crippen LogP contribution in [0, 0.1) is 0 Å². The molecule has 86 valence electrons. The summed E-state index contributed by atoms with van der Waals surface area (Å²) >= 11 is 2.43. The Hall–Kier alpha value is -0.730. The summed E-state index contributed by atoms with van der Waals surface area (Å²) in [6.07, 6.45) is 0. The zero-order chi connectivity index (χ0) is 11.2. The third-order valence-corrected chi connectivity index (χ3v) is 3.35. The molecule has 0 bridgehead atoms. The maximum atomic E-state index is 11.3. The summed E-state index contributed by atoms with van der Waals surface area (Å²) in [5.74, 6) is 0. The molecule has 2 aromatic heterocycles. The van der Waals surface area contributed by atoms with Crippen molar-refractivity contribution >= 4 is 31.3 Å². The number of rotatable bonds is 6. The Morgan fingerprint density at radius 2 is 1.56 bits per heavy atom. The van der Waals surface area contributed by atoms with Gasteiger partial charge in [0.25, 0.3) is 0 Å². The molecular weight excluding hydrogens is 271 g/mol. The van der Waals surface area contributed by atoms with Crippen LogP contribution in [0.15, 0.2) is 10.8 Å². The first-order chi connectivity index (χ1) is 7.84. The zero-order valence-corrected chi connectivity index (χ0v) is 10.5. The molecule has 0 saturated carbocycles. The van der Waals surface area contributed by atoms with E-state index in [-0.39, 0.29) is 13.2 Å². The fourth-order valence-corrected chi connectivity index (χ4v) is 2.29. The lowest BCUT2D eigenvalue weighted by Gasteiger charge is -2.01. The van der Waals surface area contributed by atoms with Gasteiger partial charge in [0, 0.05) is 10.8 Å². The molecule has 16 heavy (non-hydrogen) atoms. The van der Waals surface area contributed by atoms with E-state index in [4.69, 9.17) is 9.05 Å². The van der Waals surface area contributed by atoms with E-state index in [1.807, 2.05) is 0 Å². The first kappa shape index (κ1) is 11.7. The van der Waals surface area contributed by atoms with Gasteiger partial charge in [0.05, 0.1) is 0 Å². The SMILES string of the molecule is O=[PH](OCc1csnn1)OCc1csnn1. The van der Waals surface area contributed by atoms with Gasteiger partial charge < -0.3 is 9.05 Å². The average Bonchev–Trinajstić information content (AvgIpc) is 2.96. The van der Waals surface area contributed by atoms with E-state index in [0.717, 1.165) is 0 Å². The summed E-state index contributed by atoms with van der Waals surface area (Å²) in [5.41, 5.74) is 1.28. The standard InChI is InChI=1S/C6H7N4O3PS2/c11-14(12-1-5-3-15-9-7-5)13-2-6-4-16-10-8-6/h3-4,14H,1-2H2. The van der Waals surface area contributed by atoms with Gasteiger partial charge in [0.15, 0.2) is 0 Å². The molecule has 2 rings (SSSR count). The highest BCUT2D eigenvalue weighted by Crippen LogP contribution is 2.26. The highest BCUT2D eigenvalue weighted by Gasteiger charge is 2.04. The van der Waals surface area contributed by atoms with Crippen molar-refractivity contribution < 1.29 is 13.6 Å². The monoisotopic (exact) mass is 278 g/mol. The van der Waals surface area contributed by atoms with Gasteiger partial charge in [0.2, 0.25) is 0 Å². The quantitative estimate of drug-likeness (QED) is 0.740. The van der Waals surface area contributed by atoms with E-state index < -0.39 is 8.25 Å². The van der Waals surface area contributed by atoms with Gasteiger partial charge in [-0.3, -0.25) is 4.57 Å². The second kappa shape index (κ2) is 6.12. The highest BCUT2D eigenvalue weighted by molar-refractivity contribution is 7.33. The molecule has 2 heterocycles. The van der Waals surface area contributed by atoms with Gasteiger partial charge in [0.1, 0.15) is 24.6 Å². The second-order valence-electron chi connectivity index (χ2n) is 2.62. The summed E-state index contributed by atoms with van der Waals surface area (Å²) in [7, 11) is -2.52. The molecule has 0 atom stereocenters. The van der Waals surface area contributed by atoms with Crippen LogP contribution in [0.25, 0.3) is 0 Å². The largest absolute Gasteiger partial charge is 0.319 e. The molecule has 0 unspecified atom stereocenters. The Morgan fingerprint density at radius 3 is 1.94 bits per heavy atom. The zero-order valence-electron chi connectivity index (χ0n) is 7.90. The van der Waals surface area contributed by atoms with E-state index in [0.29, 0.717) is 11.4 Å². The second-order valence-corrected chi connectivity index (χ2v) is 4.92. The van der Waals surface area contributed by atoms with Crippen molar-refractivity contribution in [2.45, 2.75) is 13.2 Å². The average molecular weight is 278 g/mol. The molecule has 0 N–H and O–H groups in total. The Labute approximate surface area is 99.7 Å². The van der Waals surface area contributed by atoms with E-state index in [2.05, 4.69) is 19.2 Å². The van der Waals surface area contributed by atoms with Crippen LogP contribution in [0.3, 0.4) is 0 Å². The van der Waals surface area contributed by atoms with Crippen LogP contribution in [0.4, 0.5) is 0 Å². The number of nitrogens with zero attached hydrogens (tertiary/aromatic N) is 4. The molecule has 2 aromatic rings. The summed E-state index contributed by atoms with van der Waals surface area (Å²) in [6.45, 7) is 0.285. The van der Waals surface area contributed by atoms with E-state index in [1.54, 1.807) is 10.8 Å². The highest BCUT2D eigenvalue weighted by atomic mass is 32.1. The van der Waals surface area contributed by atoms with Crippen LogP contribution >= 0.6 is 31.3 Å². The lowest BCUT2D eigenvalue weighted by Crippen LogP contribution is -1.90. The normalized spacial score (nSPS) is 11.1. The Balaban J connectivity index is 1.69. The minimum absolute atomic E-state index is 0.142. The van der Waals surface area contributed by atoms with Crippen molar-refractivity contribution in [3.63, 3.8) is 0 Å². The van der Waals surface area contributed by atoms with Gasteiger partial charge >= 0.3 is 8.25 Å². The summed E-state index contributed by atoms with van der Waals surface area (Å²) in [5, 5.41) is 10.9. The van der Waals surface area contributed by atoms with Gasteiger partial charge in [-0.15, -0.1) is 10.2 Å². The number of hydrogen-bond donors (Lipinski definition) is 0. The van der Waals surface area contributed by atoms with Crippen molar-refractivity contribution in [2.24, 2.45) is 0 Å². The van der Waals surface area contributed by atoms with Crippen molar-refractivity contribution in [2.75, 3.05) is 0 Å². The van der Waals surface area contributed by atoms with Crippen molar-refractivity contribution in [1.82, 2.24) is 19.2 Å². The van der Waals surface area contributed by atoms with Crippen LogP contribution in [0.5, 0.6) is 0 Å². The lowest BCUT2D eigenvalue weighted by atomic mass is 10.6. The molecule has 0 aliphatic heterocycles. The topological polar surface area (TPSA) is 87.1 Å². The van der Waals surface area contributed by atoms with E-state index >= 15 is 0 Å². The van der Waals surface area contributed by atoms with Crippen LogP contribution < -0.4 is 0 Å². The molecule has 0 fully saturated rings. The summed E-state index contributed by atoms with van der Waals surface area (Å²) in [4.78, 5) is 0.